The molecule has 0 spiro atoms. The summed E-state index contributed by atoms with van der Waals surface area (Å²) >= 11 is 0. The van der Waals surface area contributed by atoms with E-state index in [1.807, 2.05) is 0 Å². The van der Waals surface area contributed by atoms with Crippen molar-refractivity contribution in [3.63, 3.8) is 0 Å². The van der Waals surface area contributed by atoms with Gasteiger partial charge in [0.05, 0.1) is 0 Å². The molecule has 1 saturated heterocycles. The zero-order valence-electron chi connectivity index (χ0n) is 11.8. The molecule has 2 heteroatoms. The molecule has 1 fully saturated rings. The summed E-state index contributed by atoms with van der Waals surface area (Å²) in [6.07, 6.45) is 1.29. The fourth-order valence-corrected chi connectivity index (χ4v) is 2.36. The van der Waals surface area contributed by atoms with Gasteiger partial charge in [0.25, 0.3) is 0 Å². The molecule has 0 radical (unpaired) electrons. The summed E-state index contributed by atoms with van der Waals surface area (Å²) in [4.78, 5) is 2.64. The van der Waals surface area contributed by atoms with Gasteiger partial charge in [-0.3, -0.25) is 4.90 Å². The summed E-state index contributed by atoms with van der Waals surface area (Å²) in [5.74, 6) is 2.56. The first-order chi connectivity index (χ1) is 7.50. The van der Waals surface area contributed by atoms with Crippen molar-refractivity contribution in [3.05, 3.63) is 0 Å². The molecule has 1 rings (SSSR count). The van der Waals surface area contributed by atoms with Gasteiger partial charge in [-0.25, -0.2) is 0 Å². The Morgan fingerprint density at radius 2 is 1.69 bits per heavy atom. The van der Waals surface area contributed by atoms with Crippen molar-refractivity contribution in [3.8, 4) is 0 Å². The SMILES string of the molecule is CC(C)CCNCC(C)N1CC(C)C(C)C1. The molecule has 1 aliphatic rings. The van der Waals surface area contributed by atoms with Crippen LogP contribution in [-0.2, 0) is 0 Å². The highest BCUT2D eigenvalue weighted by Crippen LogP contribution is 2.23. The zero-order valence-corrected chi connectivity index (χ0v) is 11.8. The molecule has 0 aromatic rings. The van der Waals surface area contributed by atoms with Gasteiger partial charge in [-0.05, 0) is 37.6 Å². The predicted octanol–water partition coefficient (Wildman–Crippen LogP) is 2.60. The van der Waals surface area contributed by atoms with Gasteiger partial charge in [-0.15, -0.1) is 0 Å². The molecule has 0 saturated carbocycles. The van der Waals surface area contributed by atoms with Crippen molar-refractivity contribution >= 4 is 0 Å². The lowest BCUT2D eigenvalue weighted by Crippen LogP contribution is -2.39. The first kappa shape index (κ1) is 14.0. The predicted molar refractivity (Wildman–Crippen MR) is 71.7 cm³/mol. The van der Waals surface area contributed by atoms with Gasteiger partial charge in [0.2, 0.25) is 0 Å². The van der Waals surface area contributed by atoms with Crippen LogP contribution in [0.5, 0.6) is 0 Å². The quantitative estimate of drug-likeness (QED) is 0.700. The molecule has 1 aliphatic heterocycles. The van der Waals surface area contributed by atoms with Crippen LogP contribution in [0.3, 0.4) is 0 Å². The van der Waals surface area contributed by atoms with Gasteiger partial charge in [0.1, 0.15) is 0 Å². The number of nitrogens with one attached hydrogen (secondary N) is 1. The van der Waals surface area contributed by atoms with Crippen molar-refractivity contribution in [1.29, 1.82) is 0 Å². The van der Waals surface area contributed by atoms with E-state index in [1.54, 1.807) is 0 Å². The molecule has 2 nitrogen and oxygen atoms in total. The second-order valence-corrected chi connectivity index (χ2v) is 6.14. The number of nitrogens with zero attached hydrogens (tertiary/aromatic N) is 1. The van der Waals surface area contributed by atoms with Crippen LogP contribution in [0.4, 0.5) is 0 Å². The van der Waals surface area contributed by atoms with Gasteiger partial charge >= 0.3 is 0 Å². The Labute approximate surface area is 102 Å². The lowest BCUT2D eigenvalue weighted by Gasteiger charge is -2.24. The third-order valence-corrected chi connectivity index (χ3v) is 3.98. The van der Waals surface area contributed by atoms with Gasteiger partial charge < -0.3 is 5.32 Å². The average molecular weight is 226 g/mol. The molecule has 0 amide bonds. The highest BCUT2D eigenvalue weighted by molar-refractivity contribution is 4.82. The van der Waals surface area contributed by atoms with Crippen LogP contribution in [-0.4, -0.2) is 37.1 Å². The smallest absolute Gasteiger partial charge is 0.0192 e. The third-order valence-electron chi connectivity index (χ3n) is 3.98. The maximum absolute atomic E-state index is 3.58. The maximum Gasteiger partial charge on any atom is 0.0192 e. The molecule has 0 bridgehead atoms. The summed E-state index contributed by atoms with van der Waals surface area (Å²) in [6, 6.07) is 0.694. The zero-order chi connectivity index (χ0) is 12.1. The van der Waals surface area contributed by atoms with E-state index in [0.29, 0.717) is 6.04 Å². The average Bonchev–Trinajstić information content (AvgIpc) is 2.54. The van der Waals surface area contributed by atoms with Gasteiger partial charge in [0.15, 0.2) is 0 Å². The molecule has 96 valence electrons. The summed E-state index contributed by atoms with van der Waals surface area (Å²) in [5, 5.41) is 3.58. The fourth-order valence-electron chi connectivity index (χ4n) is 2.36. The molecular weight excluding hydrogens is 196 g/mol. The minimum absolute atomic E-state index is 0.694. The van der Waals surface area contributed by atoms with Crippen molar-refractivity contribution in [1.82, 2.24) is 10.2 Å². The summed E-state index contributed by atoms with van der Waals surface area (Å²) < 4.78 is 0. The van der Waals surface area contributed by atoms with Crippen LogP contribution < -0.4 is 5.32 Å². The molecule has 0 aromatic heterocycles. The normalized spacial score (nSPS) is 28.9. The number of hydrogen-bond acceptors (Lipinski definition) is 2. The molecule has 0 aliphatic carbocycles. The lowest BCUT2D eigenvalue weighted by atomic mass is 10.0. The summed E-state index contributed by atoms with van der Waals surface area (Å²) in [7, 11) is 0. The van der Waals surface area contributed by atoms with Crippen molar-refractivity contribution in [2.45, 2.75) is 47.1 Å². The minimum atomic E-state index is 0.694. The highest BCUT2D eigenvalue weighted by Gasteiger charge is 2.28. The highest BCUT2D eigenvalue weighted by atomic mass is 15.2. The Bertz CT molecular complexity index is 181. The molecule has 1 heterocycles. The van der Waals surface area contributed by atoms with E-state index >= 15 is 0 Å². The molecule has 1 N–H and O–H groups in total. The summed E-state index contributed by atoms with van der Waals surface area (Å²) in [5.41, 5.74) is 0. The van der Waals surface area contributed by atoms with Crippen LogP contribution in [0, 0.1) is 17.8 Å². The Morgan fingerprint density at radius 3 is 2.19 bits per heavy atom. The van der Waals surface area contributed by atoms with Crippen molar-refractivity contribution in [2.75, 3.05) is 26.2 Å². The lowest BCUT2D eigenvalue weighted by molar-refractivity contribution is 0.240. The first-order valence-electron chi connectivity index (χ1n) is 6.95. The van der Waals surface area contributed by atoms with Gasteiger partial charge in [-0.2, -0.15) is 0 Å². The second kappa shape index (κ2) is 6.61. The van der Waals surface area contributed by atoms with E-state index in [1.165, 1.54) is 26.1 Å². The van der Waals surface area contributed by atoms with Crippen LogP contribution in [0.15, 0.2) is 0 Å². The number of likely N-dealkylation sites (tertiary alicyclic amines) is 1. The summed E-state index contributed by atoms with van der Waals surface area (Å²) in [6.45, 7) is 16.6. The van der Waals surface area contributed by atoms with Crippen LogP contribution >= 0.6 is 0 Å². The van der Waals surface area contributed by atoms with E-state index in [-0.39, 0.29) is 0 Å². The van der Waals surface area contributed by atoms with Crippen LogP contribution in [0.1, 0.15) is 41.0 Å². The van der Waals surface area contributed by atoms with E-state index in [0.717, 1.165) is 24.3 Å². The molecular formula is C14H30N2. The van der Waals surface area contributed by atoms with Crippen LogP contribution in [0.2, 0.25) is 0 Å². The monoisotopic (exact) mass is 226 g/mol. The standard InChI is InChI=1S/C14H30N2/c1-11(2)6-7-15-8-14(5)16-9-12(3)13(4)10-16/h11-15H,6-10H2,1-5H3. The van der Waals surface area contributed by atoms with Crippen LogP contribution in [0.25, 0.3) is 0 Å². The van der Waals surface area contributed by atoms with E-state index in [2.05, 4.69) is 44.8 Å². The van der Waals surface area contributed by atoms with E-state index in [9.17, 15) is 0 Å². The van der Waals surface area contributed by atoms with E-state index in [4.69, 9.17) is 0 Å². The number of hydrogen-bond donors (Lipinski definition) is 1. The Morgan fingerprint density at radius 1 is 1.12 bits per heavy atom. The number of rotatable bonds is 6. The Balaban J connectivity index is 2.13. The molecule has 16 heavy (non-hydrogen) atoms. The Kier molecular flexibility index (Phi) is 5.77. The third kappa shape index (κ3) is 4.42. The van der Waals surface area contributed by atoms with Crippen molar-refractivity contribution < 1.29 is 0 Å². The fraction of sp³-hybridized carbons (Fsp3) is 1.00. The van der Waals surface area contributed by atoms with Gasteiger partial charge in [0, 0.05) is 25.7 Å². The minimum Gasteiger partial charge on any atom is -0.315 e. The molecule has 3 unspecified atom stereocenters. The maximum atomic E-state index is 3.58. The van der Waals surface area contributed by atoms with Crippen molar-refractivity contribution in [2.24, 2.45) is 17.8 Å². The van der Waals surface area contributed by atoms with E-state index < -0.39 is 0 Å². The topological polar surface area (TPSA) is 15.3 Å². The molecule has 0 aromatic carbocycles. The van der Waals surface area contributed by atoms with Gasteiger partial charge in [-0.1, -0.05) is 27.7 Å². The molecule has 3 atom stereocenters. The second-order valence-electron chi connectivity index (χ2n) is 6.14. The first-order valence-corrected chi connectivity index (χ1v) is 6.95. The Hall–Kier alpha value is -0.0800. The largest absolute Gasteiger partial charge is 0.315 e.